The van der Waals surface area contributed by atoms with Gasteiger partial charge in [-0.15, -0.1) is 22.7 Å². The van der Waals surface area contributed by atoms with Gasteiger partial charge in [-0.25, -0.2) is 9.97 Å². The highest BCUT2D eigenvalue weighted by atomic mass is 32.1. The quantitative estimate of drug-likeness (QED) is 0.180. The molecule has 0 amide bonds. The smallest absolute Gasteiger partial charge is 0.166 e. The van der Waals surface area contributed by atoms with Gasteiger partial charge in [0.05, 0.1) is 15.7 Å². The second kappa shape index (κ2) is 11.8. The van der Waals surface area contributed by atoms with Gasteiger partial charge in [-0.05, 0) is 67.7 Å². The molecular weight excluding hydrogens is 731 g/mol. The summed E-state index contributed by atoms with van der Waals surface area (Å²) in [4.78, 5) is 12.4. The Balaban J connectivity index is 1.24. The predicted molar refractivity (Wildman–Crippen MR) is 246 cm³/mol. The van der Waals surface area contributed by atoms with Crippen molar-refractivity contribution in [3.63, 3.8) is 0 Å². The molecule has 0 aliphatic heterocycles. The summed E-state index contributed by atoms with van der Waals surface area (Å²) in [5.41, 5.74) is 7.57. The Kier molecular flexibility index (Phi) is 6.48. The molecule has 0 N–H and O–H groups in total. The van der Waals surface area contributed by atoms with Crippen LogP contribution < -0.4 is 0 Å². The van der Waals surface area contributed by atoms with Crippen molar-refractivity contribution >= 4 is 117 Å². The molecule has 0 aliphatic rings. The molecule has 0 atom stereocenters. The van der Waals surface area contributed by atoms with Crippen LogP contribution in [0.1, 0.15) is 0 Å². The molecule has 3 nitrogen and oxygen atoms in total. The lowest BCUT2D eigenvalue weighted by atomic mass is 9.93. The Bertz CT molecular complexity index is 3820. The lowest BCUT2D eigenvalue weighted by Gasteiger charge is -2.16. The predicted octanol–water partition coefficient (Wildman–Crippen LogP) is 15.1. The van der Waals surface area contributed by atoms with Gasteiger partial charge in [0.2, 0.25) is 0 Å². The van der Waals surface area contributed by atoms with E-state index in [-0.39, 0.29) is 0 Å². The average Bonchev–Trinajstić information content (AvgIpc) is 3.94. The van der Waals surface area contributed by atoms with Gasteiger partial charge in [0.1, 0.15) is 16.0 Å². The lowest BCUT2D eigenvalue weighted by Crippen LogP contribution is -2.03. The van der Waals surface area contributed by atoms with Crippen molar-refractivity contribution in [3.05, 3.63) is 176 Å². The molecule has 13 rings (SSSR count). The Labute approximate surface area is 334 Å². The van der Waals surface area contributed by atoms with E-state index in [4.69, 9.17) is 9.97 Å². The van der Waals surface area contributed by atoms with E-state index < -0.39 is 0 Å². The van der Waals surface area contributed by atoms with Crippen molar-refractivity contribution in [3.8, 4) is 28.2 Å². The van der Waals surface area contributed by atoms with Crippen molar-refractivity contribution in [1.82, 2.24) is 14.5 Å². The molecule has 0 aliphatic carbocycles. The summed E-state index contributed by atoms with van der Waals surface area (Å²) in [6.45, 7) is 0. The molecule has 13 aromatic rings. The van der Waals surface area contributed by atoms with Gasteiger partial charge in [0.25, 0.3) is 0 Å². The second-order valence-electron chi connectivity index (χ2n) is 14.8. The summed E-state index contributed by atoms with van der Waals surface area (Å²) in [6, 6.07) is 63.9. The number of hydrogen-bond donors (Lipinski definition) is 0. The molecule has 0 spiro atoms. The maximum Gasteiger partial charge on any atom is 0.166 e. The number of hydrogen-bond acceptors (Lipinski definition) is 4. The van der Waals surface area contributed by atoms with Crippen LogP contribution in [0.4, 0.5) is 0 Å². The van der Waals surface area contributed by atoms with Crippen LogP contribution >= 0.6 is 22.7 Å². The lowest BCUT2D eigenvalue weighted by molar-refractivity contribution is 1.09. The number of rotatable bonds is 3. The molecule has 9 aromatic carbocycles. The number of thiophene rings is 2. The highest BCUT2D eigenvalue weighted by Crippen LogP contribution is 2.50. The SMILES string of the molecule is c1ccc(-c2ccc(-c3nc4c(nc3-n3c5ccccc5c5c6ccccc6c6c7cc8ccccc8cc7sc6c53)sc3ccccc34)c3ccccc23)cc1. The van der Waals surface area contributed by atoms with Crippen molar-refractivity contribution in [1.29, 1.82) is 0 Å². The van der Waals surface area contributed by atoms with Crippen LogP contribution in [-0.2, 0) is 0 Å². The van der Waals surface area contributed by atoms with E-state index in [0.717, 1.165) is 43.7 Å². The highest BCUT2D eigenvalue weighted by molar-refractivity contribution is 7.27. The van der Waals surface area contributed by atoms with Gasteiger partial charge in [-0.3, -0.25) is 4.57 Å². The third kappa shape index (κ3) is 4.41. The van der Waals surface area contributed by atoms with Crippen molar-refractivity contribution in [2.75, 3.05) is 0 Å². The van der Waals surface area contributed by atoms with Crippen molar-refractivity contribution < 1.29 is 0 Å². The summed E-state index contributed by atoms with van der Waals surface area (Å²) in [5, 5.41) is 13.6. The van der Waals surface area contributed by atoms with Gasteiger partial charge < -0.3 is 0 Å². The number of fused-ring (bicyclic) bond motifs is 15. The van der Waals surface area contributed by atoms with Crippen molar-refractivity contribution in [2.24, 2.45) is 0 Å². The first kappa shape index (κ1) is 31.3. The van der Waals surface area contributed by atoms with E-state index in [2.05, 4.69) is 180 Å². The van der Waals surface area contributed by atoms with E-state index in [1.165, 1.54) is 79.2 Å². The topological polar surface area (TPSA) is 30.7 Å². The largest absolute Gasteiger partial charge is 0.290 e. The minimum Gasteiger partial charge on any atom is -0.290 e. The zero-order valence-corrected chi connectivity index (χ0v) is 32.0. The maximum absolute atomic E-state index is 5.73. The summed E-state index contributed by atoms with van der Waals surface area (Å²) >= 11 is 3.61. The second-order valence-corrected chi connectivity index (χ2v) is 16.9. The van der Waals surface area contributed by atoms with E-state index in [9.17, 15) is 0 Å². The first-order valence-corrected chi connectivity index (χ1v) is 20.9. The van der Waals surface area contributed by atoms with Crippen LogP contribution in [0, 0.1) is 0 Å². The van der Waals surface area contributed by atoms with Crippen LogP contribution in [0.3, 0.4) is 0 Å². The van der Waals surface area contributed by atoms with Gasteiger partial charge in [0.15, 0.2) is 5.82 Å². The Morgan fingerprint density at radius 3 is 1.84 bits per heavy atom. The maximum atomic E-state index is 5.73. The number of para-hydroxylation sites is 1. The summed E-state index contributed by atoms with van der Waals surface area (Å²) in [7, 11) is 0. The molecular formula is C52H29N3S2. The minimum absolute atomic E-state index is 0.845. The molecule has 0 bridgehead atoms. The fraction of sp³-hybridized carbons (Fsp3) is 0. The summed E-state index contributed by atoms with van der Waals surface area (Å²) in [6.07, 6.45) is 0. The normalized spacial score (nSPS) is 12.2. The van der Waals surface area contributed by atoms with E-state index in [1.807, 2.05) is 11.3 Å². The highest BCUT2D eigenvalue weighted by Gasteiger charge is 2.26. The average molecular weight is 760 g/mol. The van der Waals surface area contributed by atoms with Crippen LogP contribution in [0.15, 0.2) is 176 Å². The van der Waals surface area contributed by atoms with Crippen LogP contribution in [0.2, 0.25) is 0 Å². The molecule has 0 saturated carbocycles. The number of nitrogens with zero attached hydrogens (tertiary/aromatic N) is 3. The summed E-state index contributed by atoms with van der Waals surface area (Å²) < 4.78 is 6.18. The van der Waals surface area contributed by atoms with Gasteiger partial charge >= 0.3 is 0 Å². The Hall–Kier alpha value is -6.92. The molecule has 5 heteroatoms. The van der Waals surface area contributed by atoms with E-state index >= 15 is 0 Å². The molecule has 0 fully saturated rings. The Morgan fingerprint density at radius 2 is 1.04 bits per heavy atom. The molecule has 57 heavy (non-hydrogen) atoms. The van der Waals surface area contributed by atoms with Crippen LogP contribution in [-0.4, -0.2) is 14.5 Å². The standard InChI is InChI=1S/C52H29N3S2/c1-2-14-30(15-3-1)33-26-27-38(35-19-7-6-18-34(33)35)47-51(54-52-48(53-47)40-23-11-13-25-43(40)57-52)55-42-24-12-10-22-39(42)45-36-20-8-9-21-37(36)46-41-28-31-16-4-5-17-32(31)29-44(41)56-50(46)49(45)55/h1-29H. The summed E-state index contributed by atoms with van der Waals surface area (Å²) in [5.74, 6) is 0.845. The molecule has 4 aromatic heterocycles. The van der Waals surface area contributed by atoms with Crippen LogP contribution in [0.5, 0.6) is 0 Å². The number of benzene rings is 9. The molecule has 0 saturated heterocycles. The Morgan fingerprint density at radius 1 is 0.421 bits per heavy atom. The third-order valence-corrected chi connectivity index (χ3v) is 14.0. The molecule has 0 radical (unpaired) electrons. The number of aromatic nitrogens is 3. The minimum atomic E-state index is 0.845. The molecule has 4 heterocycles. The van der Waals surface area contributed by atoms with Crippen molar-refractivity contribution in [2.45, 2.75) is 0 Å². The fourth-order valence-corrected chi connectivity index (χ4v) is 11.6. The fourth-order valence-electron chi connectivity index (χ4n) is 9.31. The van der Waals surface area contributed by atoms with Gasteiger partial charge in [-0.1, -0.05) is 152 Å². The first-order valence-electron chi connectivity index (χ1n) is 19.2. The van der Waals surface area contributed by atoms with Gasteiger partial charge in [-0.2, -0.15) is 0 Å². The van der Waals surface area contributed by atoms with Gasteiger partial charge in [0, 0.05) is 41.9 Å². The third-order valence-electron chi connectivity index (χ3n) is 11.8. The molecule has 0 unspecified atom stereocenters. The molecule has 264 valence electrons. The van der Waals surface area contributed by atoms with E-state index in [0.29, 0.717) is 0 Å². The van der Waals surface area contributed by atoms with Crippen LogP contribution in [0.25, 0.3) is 123 Å². The van der Waals surface area contributed by atoms with E-state index in [1.54, 1.807) is 11.3 Å². The first-order chi connectivity index (χ1) is 28.3. The monoisotopic (exact) mass is 759 g/mol. The zero-order chi connectivity index (χ0) is 37.2. The zero-order valence-electron chi connectivity index (χ0n) is 30.4.